The molecule has 0 spiro atoms. The lowest BCUT2D eigenvalue weighted by molar-refractivity contribution is -0.152. The van der Waals surface area contributed by atoms with Crippen LogP contribution in [0.15, 0.2) is 0 Å². The van der Waals surface area contributed by atoms with Crippen LogP contribution in [0.25, 0.3) is 0 Å². The molecule has 1 rings (SSSR count). The van der Waals surface area contributed by atoms with Crippen molar-refractivity contribution in [3.8, 4) is 0 Å². The molecule has 0 radical (unpaired) electrons. The fourth-order valence-electron chi connectivity index (χ4n) is 2.69. The van der Waals surface area contributed by atoms with Gasteiger partial charge in [0.25, 0.3) is 0 Å². The molecule has 0 saturated carbocycles. The molecule has 8 nitrogen and oxygen atoms in total. The molecule has 0 bridgehead atoms. The second kappa shape index (κ2) is 8.70. The number of nitrogens with zero attached hydrogens (tertiary/aromatic N) is 1. The number of hydrogen-bond acceptors (Lipinski definition) is 5. The second-order valence-electron chi connectivity index (χ2n) is 5.95. The molecule has 2 atom stereocenters. The van der Waals surface area contributed by atoms with Crippen molar-refractivity contribution in [3.63, 3.8) is 0 Å². The van der Waals surface area contributed by atoms with E-state index in [-0.39, 0.29) is 24.2 Å². The summed E-state index contributed by atoms with van der Waals surface area (Å²) in [5.74, 6) is -1.48. The molecular formula is C14H26N4O4. The smallest absolute Gasteiger partial charge is 0.244 e. The van der Waals surface area contributed by atoms with Crippen LogP contribution >= 0.6 is 0 Å². The van der Waals surface area contributed by atoms with Gasteiger partial charge in [0, 0.05) is 25.9 Å². The predicted octanol–water partition coefficient (Wildman–Crippen LogP) is -0.214. The van der Waals surface area contributed by atoms with E-state index in [4.69, 9.17) is 5.21 Å². The number of hydrogen-bond donors (Lipinski definition) is 4. The summed E-state index contributed by atoms with van der Waals surface area (Å²) in [7, 11) is 1.53. The Morgan fingerprint density at radius 3 is 2.59 bits per heavy atom. The summed E-state index contributed by atoms with van der Waals surface area (Å²) in [4.78, 5) is 36.1. The number of amides is 3. The van der Waals surface area contributed by atoms with E-state index in [1.54, 1.807) is 5.48 Å². The highest BCUT2D eigenvalue weighted by Crippen LogP contribution is 2.21. The molecule has 0 aliphatic carbocycles. The van der Waals surface area contributed by atoms with Crippen LogP contribution in [0.5, 0.6) is 0 Å². The van der Waals surface area contributed by atoms with Crippen LogP contribution < -0.4 is 16.2 Å². The Morgan fingerprint density at radius 1 is 1.36 bits per heavy atom. The molecule has 0 aromatic heterocycles. The van der Waals surface area contributed by atoms with E-state index in [9.17, 15) is 14.4 Å². The van der Waals surface area contributed by atoms with Gasteiger partial charge in [-0.15, -0.1) is 0 Å². The number of rotatable bonds is 6. The molecule has 1 aliphatic heterocycles. The highest BCUT2D eigenvalue weighted by Gasteiger charge is 2.36. The molecule has 0 unspecified atom stereocenters. The maximum Gasteiger partial charge on any atom is 0.244 e. The molecule has 3 amide bonds. The van der Waals surface area contributed by atoms with Gasteiger partial charge < -0.3 is 5.32 Å². The quantitative estimate of drug-likeness (QED) is 0.400. The van der Waals surface area contributed by atoms with Crippen LogP contribution in [0, 0.1) is 11.8 Å². The Bertz CT molecular complexity index is 414. The van der Waals surface area contributed by atoms with Gasteiger partial charge in [-0.1, -0.05) is 13.8 Å². The summed E-state index contributed by atoms with van der Waals surface area (Å²) >= 11 is 0. The van der Waals surface area contributed by atoms with Crippen LogP contribution in [-0.2, 0) is 14.4 Å². The first-order chi connectivity index (χ1) is 10.4. The van der Waals surface area contributed by atoms with Gasteiger partial charge in [-0.2, -0.15) is 0 Å². The van der Waals surface area contributed by atoms with Crippen molar-refractivity contribution in [1.29, 1.82) is 0 Å². The van der Waals surface area contributed by atoms with Crippen molar-refractivity contribution < 1.29 is 19.6 Å². The van der Waals surface area contributed by atoms with Gasteiger partial charge in [-0.25, -0.2) is 10.9 Å². The standard InChI is InChI=1S/C14H26N4O4/c1-9(2)7-10(8-12(19)17-22)14(21)18-11(13(20)15-3)5-4-6-16-18/h9-11,16,22H,4-8H2,1-3H3,(H,15,20)(H,17,19)/t10-,11+/m1/s1. The highest BCUT2D eigenvalue weighted by atomic mass is 16.5. The van der Waals surface area contributed by atoms with E-state index < -0.39 is 17.9 Å². The van der Waals surface area contributed by atoms with E-state index in [1.165, 1.54) is 12.1 Å². The summed E-state index contributed by atoms with van der Waals surface area (Å²) in [5.41, 5.74) is 4.52. The SMILES string of the molecule is CNC(=O)[C@@H]1CCCNN1C(=O)[C@@H](CC(=O)NO)CC(C)C. The Labute approximate surface area is 130 Å². The summed E-state index contributed by atoms with van der Waals surface area (Å²) in [6.45, 7) is 4.52. The lowest BCUT2D eigenvalue weighted by Crippen LogP contribution is -2.59. The van der Waals surface area contributed by atoms with E-state index in [2.05, 4.69) is 10.7 Å². The van der Waals surface area contributed by atoms with Gasteiger partial charge >= 0.3 is 0 Å². The third kappa shape index (κ3) is 4.96. The molecule has 4 N–H and O–H groups in total. The third-order valence-corrected chi connectivity index (χ3v) is 3.70. The first-order valence-electron chi connectivity index (χ1n) is 7.61. The average Bonchev–Trinajstić information content (AvgIpc) is 2.52. The van der Waals surface area contributed by atoms with Crippen molar-refractivity contribution in [3.05, 3.63) is 0 Å². The number of hydroxylamine groups is 1. The Hall–Kier alpha value is -1.67. The minimum atomic E-state index is -0.604. The summed E-state index contributed by atoms with van der Waals surface area (Å²) in [6, 6.07) is -0.571. The summed E-state index contributed by atoms with van der Waals surface area (Å²) in [5, 5.41) is 12.6. The number of carbonyl (C=O) groups is 3. The zero-order valence-corrected chi connectivity index (χ0v) is 13.4. The van der Waals surface area contributed by atoms with Crippen molar-refractivity contribution in [2.75, 3.05) is 13.6 Å². The molecule has 1 heterocycles. The molecular weight excluding hydrogens is 288 g/mol. The van der Waals surface area contributed by atoms with E-state index in [1.807, 2.05) is 13.8 Å². The average molecular weight is 314 g/mol. The molecule has 1 saturated heterocycles. The van der Waals surface area contributed by atoms with Crippen LogP contribution in [0.3, 0.4) is 0 Å². The summed E-state index contributed by atoms with van der Waals surface area (Å²) < 4.78 is 0. The first kappa shape index (κ1) is 18.4. The molecule has 22 heavy (non-hydrogen) atoms. The predicted molar refractivity (Wildman–Crippen MR) is 79.4 cm³/mol. The van der Waals surface area contributed by atoms with E-state index >= 15 is 0 Å². The molecule has 0 aromatic carbocycles. The fourth-order valence-corrected chi connectivity index (χ4v) is 2.69. The second-order valence-corrected chi connectivity index (χ2v) is 5.95. The minimum absolute atomic E-state index is 0.105. The fraction of sp³-hybridized carbons (Fsp3) is 0.786. The van der Waals surface area contributed by atoms with Crippen LogP contribution in [0.1, 0.15) is 39.5 Å². The van der Waals surface area contributed by atoms with Gasteiger partial charge in [-0.3, -0.25) is 24.6 Å². The van der Waals surface area contributed by atoms with Gasteiger partial charge in [0.1, 0.15) is 6.04 Å². The molecule has 1 fully saturated rings. The number of carbonyl (C=O) groups excluding carboxylic acids is 3. The van der Waals surface area contributed by atoms with Gasteiger partial charge in [0.2, 0.25) is 17.7 Å². The van der Waals surface area contributed by atoms with E-state index in [0.717, 1.165) is 6.42 Å². The molecule has 8 heteroatoms. The number of nitrogens with one attached hydrogen (secondary N) is 3. The lowest BCUT2D eigenvalue weighted by atomic mass is 9.92. The number of hydrazine groups is 1. The maximum absolute atomic E-state index is 12.7. The van der Waals surface area contributed by atoms with E-state index in [0.29, 0.717) is 19.4 Å². The topological polar surface area (TPSA) is 111 Å². The number of likely N-dealkylation sites (N-methyl/N-ethyl adjacent to an activating group) is 1. The monoisotopic (exact) mass is 314 g/mol. The zero-order chi connectivity index (χ0) is 16.7. The lowest BCUT2D eigenvalue weighted by Gasteiger charge is -2.37. The van der Waals surface area contributed by atoms with Crippen molar-refractivity contribution >= 4 is 17.7 Å². The maximum atomic E-state index is 12.7. The third-order valence-electron chi connectivity index (χ3n) is 3.70. The molecule has 126 valence electrons. The normalized spacial score (nSPS) is 19.7. The minimum Gasteiger partial charge on any atom is -0.357 e. The van der Waals surface area contributed by atoms with Gasteiger partial charge in [-0.05, 0) is 25.2 Å². The Morgan fingerprint density at radius 2 is 2.05 bits per heavy atom. The highest BCUT2D eigenvalue weighted by molar-refractivity contribution is 5.90. The van der Waals surface area contributed by atoms with Crippen LogP contribution in [-0.4, -0.2) is 47.6 Å². The largest absolute Gasteiger partial charge is 0.357 e. The van der Waals surface area contributed by atoms with Crippen molar-refractivity contribution in [1.82, 2.24) is 21.2 Å². The van der Waals surface area contributed by atoms with Crippen molar-refractivity contribution in [2.24, 2.45) is 11.8 Å². The molecule has 0 aromatic rings. The first-order valence-corrected chi connectivity index (χ1v) is 7.61. The zero-order valence-electron chi connectivity index (χ0n) is 13.4. The Balaban J connectivity index is 2.88. The van der Waals surface area contributed by atoms with Crippen LogP contribution in [0.2, 0.25) is 0 Å². The van der Waals surface area contributed by atoms with Gasteiger partial charge in [0.05, 0.1) is 0 Å². The van der Waals surface area contributed by atoms with Gasteiger partial charge in [0.15, 0.2) is 0 Å². The Kier molecular flexibility index (Phi) is 7.26. The summed E-state index contributed by atoms with van der Waals surface area (Å²) in [6.07, 6.45) is 1.78. The van der Waals surface area contributed by atoms with Crippen LogP contribution in [0.4, 0.5) is 0 Å². The molecule has 1 aliphatic rings. The van der Waals surface area contributed by atoms with Crippen molar-refractivity contribution in [2.45, 2.75) is 45.6 Å².